The molecule has 0 radical (unpaired) electrons. The minimum absolute atomic E-state index is 0.0242. The molecular formula is C15H18ClN3O2S. The number of H-pyrrole nitrogens is 1. The summed E-state index contributed by atoms with van der Waals surface area (Å²) in [5, 5.41) is 0.631. The van der Waals surface area contributed by atoms with Crippen molar-refractivity contribution in [2.45, 2.75) is 19.4 Å². The highest BCUT2D eigenvalue weighted by Crippen LogP contribution is 2.09. The lowest BCUT2D eigenvalue weighted by Gasteiger charge is -2.04. The van der Waals surface area contributed by atoms with Gasteiger partial charge in [0.15, 0.2) is 0 Å². The molecule has 0 aliphatic heterocycles. The van der Waals surface area contributed by atoms with Gasteiger partial charge in [-0.05, 0) is 30.5 Å². The fraction of sp³-hybridized carbons (Fsp3) is 0.267. The smallest absolute Gasteiger partial charge is 0.215 e. The van der Waals surface area contributed by atoms with Gasteiger partial charge in [0.2, 0.25) is 10.0 Å². The monoisotopic (exact) mass is 339 g/mol. The average Bonchev–Trinajstić information content (AvgIpc) is 3.00. The summed E-state index contributed by atoms with van der Waals surface area (Å²) in [5.74, 6) is -0.0242. The molecule has 0 aliphatic carbocycles. The van der Waals surface area contributed by atoms with E-state index in [0.717, 1.165) is 24.1 Å². The Bertz CT molecular complexity index is 695. The number of rotatable bonds is 8. The Morgan fingerprint density at radius 2 is 2.00 bits per heavy atom. The number of imidazole rings is 1. The van der Waals surface area contributed by atoms with Crippen LogP contribution in [0, 0.1) is 0 Å². The van der Waals surface area contributed by atoms with E-state index in [2.05, 4.69) is 14.7 Å². The Hall–Kier alpha value is -1.63. The van der Waals surface area contributed by atoms with E-state index in [1.807, 2.05) is 6.08 Å². The highest BCUT2D eigenvalue weighted by atomic mass is 35.5. The lowest BCUT2D eigenvalue weighted by Crippen LogP contribution is -2.25. The molecule has 0 amide bonds. The van der Waals surface area contributed by atoms with Gasteiger partial charge in [0.25, 0.3) is 0 Å². The molecule has 0 spiro atoms. The fourth-order valence-electron chi connectivity index (χ4n) is 1.83. The van der Waals surface area contributed by atoms with Gasteiger partial charge in [-0.2, -0.15) is 0 Å². The van der Waals surface area contributed by atoms with E-state index in [9.17, 15) is 8.42 Å². The number of sulfonamides is 1. The Balaban J connectivity index is 1.72. The van der Waals surface area contributed by atoms with Crippen LogP contribution in [0.2, 0.25) is 5.02 Å². The molecule has 0 aliphatic rings. The van der Waals surface area contributed by atoms with Crippen LogP contribution >= 0.6 is 11.6 Å². The molecule has 1 aromatic heterocycles. The highest BCUT2D eigenvalue weighted by Gasteiger charge is 2.07. The summed E-state index contributed by atoms with van der Waals surface area (Å²) in [7, 11) is -3.31. The summed E-state index contributed by atoms with van der Waals surface area (Å²) >= 11 is 5.78. The standard InChI is InChI=1S/C15H18ClN3O2S/c16-14-7-5-13(6-8-14)10-19-22(20,21)9-3-1-2-4-15-11-17-12-18-15/h1,3,5-8,11-12,19H,2,4,9-10H2,(H,17,18)/b3-1+. The molecule has 1 heterocycles. The summed E-state index contributed by atoms with van der Waals surface area (Å²) in [4.78, 5) is 6.93. The first kappa shape index (κ1) is 16.7. The van der Waals surface area contributed by atoms with Gasteiger partial charge in [-0.3, -0.25) is 0 Å². The predicted octanol–water partition coefficient (Wildman–Crippen LogP) is 2.67. The van der Waals surface area contributed by atoms with Gasteiger partial charge < -0.3 is 4.98 Å². The van der Waals surface area contributed by atoms with E-state index in [1.54, 1.807) is 42.9 Å². The zero-order chi connectivity index (χ0) is 15.8. The van der Waals surface area contributed by atoms with Crippen molar-refractivity contribution in [1.29, 1.82) is 0 Å². The van der Waals surface area contributed by atoms with Crippen LogP contribution in [0.5, 0.6) is 0 Å². The molecule has 0 unspecified atom stereocenters. The lowest BCUT2D eigenvalue weighted by atomic mass is 10.2. The third-order valence-corrected chi connectivity index (χ3v) is 4.49. The van der Waals surface area contributed by atoms with Crippen LogP contribution in [0.25, 0.3) is 0 Å². The van der Waals surface area contributed by atoms with Gasteiger partial charge >= 0.3 is 0 Å². The Kier molecular flexibility index (Phi) is 6.18. The van der Waals surface area contributed by atoms with Gasteiger partial charge in [0, 0.05) is 23.5 Å². The third kappa shape index (κ3) is 6.01. The van der Waals surface area contributed by atoms with E-state index < -0.39 is 10.0 Å². The van der Waals surface area contributed by atoms with Crippen molar-refractivity contribution in [3.05, 3.63) is 65.2 Å². The Morgan fingerprint density at radius 1 is 1.23 bits per heavy atom. The minimum atomic E-state index is -3.31. The van der Waals surface area contributed by atoms with Crippen LogP contribution in [-0.4, -0.2) is 24.1 Å². The van der Waals surface area contributed by atoms with E-state index in [0.29, 0.717) is 5.02 Å². The van der Waals surface area contributed by atoms with Gasteiger partial charge in [0.05, 0.1) is 12.1 Å². The Morgan fingerprint density at radius 3 is 2.68 bits per heavy atom. The molecule has 0 saturated carbocycles. The minimum Gasteiger partial charge on any atom is -0.348 e. The molecule has 2 N–H and O–H groups in total. The van der Waals surface area contributed by atoms with Gasteiger partial charge in [0.1, 0.15) is 0 Å². The Labute approximate surface area is 135 Å². The molecule has 1 aromatic carbocycles. The molecule has 2 aromatic rings. The summed E-state index contributed by atoms with van der Waals surface area (Å²) < 4.78 is 26.3. The molecule has 5 nitrogen and oxygen atoms in total. The molecule has 7 heteroatoms. The van der Waals surface area contributed by atoms with Crippen molar-refractivity contribution < 1.29 is 8.42 Å². The summed E-state index contributed by atoms with van der Waals surface area (Å²) in [6.45, 7) is 0.265. The average molecular weight is 340 g/mol. The maximum Gasteiger partial charge on any atom is 0.215 e. The van der Waals surface area contributed by atoms with Crippen molar-refractivity contribution in [1.82, 2.24) is 14.7 Å². The predicted molar refractivity (Wildman–Crippen MR) is 88.1 cm³/mol. The number of benzene rings is 1. The van der Waals surface area contributed by atoms with Crippen molar-refractivity contribution >= 4 is 21.6 Å². The molecule has 118 valence electrons. The maximum absolute atomic E-state index is 11.9. The number of hydrogen-bond acceptors (Lipinski definition) is 3. The number of aromatic nitrogens is 2. The molecule has 0 atom stereocenters. The largest absolute Gasteiger partial charge is 0.348 e. The second kappa shape index (κ2) is 8.12. The number of aromatic amines is 1. The first-order chi connectivity index (χ1) is 10.6. The van der Waals surface area contributed by atoms with Crippen LogP contribution in [0.3, 0.4) is 0 Å². The van der Waals surface area contributed by atoms with E-state index in [4.69, 9.17) is 11.6 Å². The van der Waals surface area contributed by atoms with Gasteiger partial charge in [-0.15, -0.1) is 0 Å². The fourth-order valence-corrected chi connectivity index (χ4v) is 2.85. The SMILES string of the molecule is O=S(=O)(C/C=C/CCc1cnc[nH]1)NCc1ccc(Cl)cc1. The number of nitrogens with zero attached hydrogens (tertiary/aromatic N) is 1. The molecule has 22 heavy (non-hydrogen) atoms. The second-order valence-electron chi connectivity index (χ2n) is 4.82. The zero-order valence-corrected chi connectivity index (χ0v) is 13.6. The quantitative estimate of drug-likeness (QED) is 0.726. The lowest BCUT2D eigenvalue weighted by molar-refractivity contribution is 0.584. The highest BCUT2D eigenvalue weighted by molar-refractivity contribution is 7.89. The van der Waals surface area contributed by atoms with Crippen LogP contribution in [0.1, 0.15) is 17.7 Å². The van der Waals surface area contributed by atoms with E-state index in [-0.39, 0.29) is 12.3 Å². The number of allylic oxidation sites excluding steroid dienone is 1. The number of hydrogen-bond donors (Lipinski definition) is 2. The number of halogens is 1. The van der Waals surface area contributed by atoms with E-state index >= 15 is 0 Å². The van der Waals surface area contributed by atoms with Crippen LogP contribution in [0.4, 0.5) is 0 Å². The zero-order valence-electron chi connectivity index (χ0n) is 12.0. The second-order valence-corrected chi connectivity index (χ2v) is 7.10. The van der Waals surface area contributed by atoms with Crippen LogP contribution in [0.15, 0.2) is 48.9 Å². The first-order valence-corrected chi connectivity index (χ1v) is 8.92. The van der Waals surface area contributed by atoms with Crippen molar-refractivity contribution in [3.63, 3.8) is 0 Å². The summed E-state index contributed by atoms with van der Waals surface area (Å²) in [6.07, 6.45) is 8.51. The number of aryl methyl sites for hydroxylation is 1. The topological polar surface area (TPSA) is 74.8 Å². The van der Waals surface area contributed by atoms with Crippen molar-refractivity contribution in [2.24, 2.45) is 0 Å². The molecule has 0 saturated heterocycles. The molecule has 2 rings (SSSR count). The van der Waals surface area contributed by atoms with E-state index in [1.165, 1.54) is 0 Å². The summed E-state index contributed by atoms with van der Waals surface area (Å²) in [5.41, 5.74) is 1.91. The molecule has 0 fully saturated rings. The normalized spacial score (nSPS) is 12.0. The third-order valence-electron chi connectivity index (χ3n) is 3.03. The van der Waals surface area contributed by atoms with Crippen molar-refractivity contribution in [2.75, 3.05) is 5.75 Å². The van der Waals surface area contributed by atoms with Crippen molar-refractivity contribution in [3.8, 4) is 0 Å². The van der Waals surface area contributed by atoms with Gasteiger partial charge in [-0.25, -0.2) is 18.1 Å². The molecular weight excluding hydrogens is 322 g/mol. The van der Waals surface area contributed by atoms with Crippen LogP contribution < -0.4 is 4.72 Å². The molecule has 0 bridgehead atoms. The maximum atomic E-state index is 11.9. The van der Waals surface area contributed by atoms with Crippen LogP contribution in [-0.2, 0) is 23.0 Å². The first-order valence-electron chi connectivity index (χ1n) is 6.89. The van der Waals surface area contributed by atoms with Gasteiger partial charge in [-0.1, -0.05) is 35.9 Å². The number of nitrogens with one attached hydrogen (secondary N) is 2. The summed E-state index contributed by atoms with van der Waals surface area (Å²) in [6, 6.07) is 7.07.